The van der Waals surface area contributed by atoms with Crippen molar-refractivity contribution in [3.05, 3.63) is 58.3 Å². The van der Waals surface area contributed by atoms with Gasteiger partial charge in [0.15, 0.2) is 0 Å². The Morgan fingerprint density at radius 1 is 1.12 bits per heavy atom. The second-order valence-electron chi connectivity index (χ2n) is 6.41. The van der Waals surface area contributed by atoms with Crippen LogP contribution in [-0.2, 0) is 17.8 Å². The van der Waals surface area contributed by atoms with Crippen molar-refractivity contribution < 1.29 is 31.0 Å². The van der Waals surface area contributed by atoms with Crippen molar-refractivity contribution in [2.45, 2.75) is 20.0 Å². The molecule has 1 aliphatic rings. The van der Waals surface area contributed by atoms with Gasteiger partial charge in [-0.1, -0.05) is 30.3 Å². The summed E-state index contributed by atoms with van der Waals surface area (Å²) in [6, 6.07) is 12.9. The largest absolute Gasteiger partial charge is 1.00 e. The highest BCUT2D eigenvalue weighted by Gasteiger charge is 2.35. The molecule has 1 amide bonds. The molecule has 136 valence electrons. The molecule has 0 aliphatic carbocycles. The number of carbonyl (C=O) groups is 1. The van der Waals surface area contributed by atoms with Crippen LogP contribution < -0.4 is 17.0 Å². The third kappa shape index (κ3) is 5.30. The van der Waals surface area contributed by atoms with Gasteiger partial charge in [0.05, 0.1) is 32.8 Å². The fourth-order valence-electron chi connectivity index (χ4n) is 3.40. The SMILES string of the molecule is CCOC(=O)N1CC[N+](Cc2ccccc2)(Cc2ccsc2)CC1.[Br-]. The second-order valence-corrected chi connectivity index (χ2v) is 7.19. The number of halogens is 1. The molecule has 0 atom stereocenters. The van der Waals surface area contributed by atoms with E-state index in [1.165, 1.54) is 11.1 Å². The first-order valence-corrected chi connectivity index (χ1v) is 9.47. The van der Waals surface area contributed by atoms with Crippen LogP contribution in [0, 0.1) is 0 Å². The summed E-state index contributed by atoms with van der Waals surface area (Å²) in [6.07, 6.45) is -0.175. The van der Waals surface area contributed by atoms with Gasteiger partial charge in [0.25, 0.3) is 0 Å². The number of benzene rings is 1. The normalized spacial score (nSPS) is 16.1. The van der Waals surface area contributed by atoms with Crippen LogP contribution in [-0.4, -0.2) is 48.3 Å². The number of piperazine rings is 1. The second kappa shape index (κ2) is 9.36. The molecule has 1 aromatic heterocycles. The number of hydrogen-bond donors (Lipinski definition) is 0. The van der Waals surface area contributed by atoms with Crippen molar-refractivity contribution in [2.24, 2.45) is 0 Å². The zero-order valence-corrected chi connectivity index (χ0v) is 17.0. The molecule has 1 aromatic carbocycles. The van der Waals surface area contributed by atoms with E-state index in [9.17, 15) is 4.79 Å². The van der Waals surface area contributed by atoms with Crippen molar-refractivity contribution in [3.8, 4) is 0 Å². The van der Waals surface area contributed by atoms with Gasteiger partial charge in [-0.3, -0.25) is 4.90 Å². The Labute approximate surface area is 164 Å². The van der Waals surface area contributed by atoms with E-state index in [-0.39, 0.29) is 23.1 Å². The molecule has 0 radical (unpaired) electrons. The number of ether oxygens (including phenoxy) is 1. The number of rotatable bonds is 5. The lowest BCUT2D eigenvalue weighted by Gasteiger charge is -2.44. The highest BCUT2D eigenvalue weighted by molar-refractivity contribution is 7.07. The molecule has 0 N–H and O–H groups in total. The Hall–Kier alpha value is -1.37. The number of thiophene rings is 1. The van der Waals surface area contributed by atoms with Crippen molar-refractivity contribution >= 4 is 17.4 Å². The van der Waals surface area contributed by atoms with Gasteiger partial charge in [-0.15, -0.1) is 0 Å². The lowest BCUT2D eigenvalue weighted by Crippen LogP contribution is -3.00. The van der Waals surface area contributed by atoms with Crippen LogP contribution in [0.25, 0.3) is 0 Å². The van der Waals surface area contributed by atoms with E-state index in [0.29, 0.717) is 6.61 Å². The van der Waals surface area contributed by atoms with E-state index in [1.54, 1.807) is 11.3 Å². The highest BCUT2D eigenvalue weighted by Crippen LogP contribution is 2.24. The molecule has 1 fully saturated rings. The van der Waals surface area contributed by atoms with E-state index in [2.05, 4.69) is 47.2 Å². The Balaban J connectivity index is 0.00000225. The van der Waals surface area contributed by atoms with Crippen molar-refractivity contribution in [1.29, 1.82) is 0 Å². The van der Waals surface area contributed by atoms with Crippen LogP contribution in [0.2, 0.25) is 0 Å². The molecule has 3 rings (SSSR count). The number of amides is 1. The summed E-state index contributed by atoms with van der Waals surface area (Å²) in [4.78, 5) is 13.8. The number of quaternary nitrogens is 1. The highest BCUT2D eigenvalue weighted by atomic mass is 79.9. The minimum Gasteiger partial charge on any atom is -1.00 e. The molecule has 2 heterocycles. The first-order valence-electron chi connectivity index (χ1n) is 8.52. The Bertz CT molecular complexity index is 641. The lowest BCUT2D eigenvalue weighted by molar-refractivity contribution is -0.956. The van der Waals surface area contributed by atoms with Gasteiger partial charge in [-0.25, -0.2) is 4.79 Å². The summed E-state index contributed by atoms with van der Waals surface area (Å²) in [5, 5.41) is 4.38. The van der Waals surface area contributed by atoms with Crippen molar-refractivity contribution in [1.82, 2.24) is 4.90 Å². The summed E-state index contributed by atoms with van der Waals surface area (Å²) in [6.45, 7) is 7.77. The molecule has 6 heteroatoms. The zero-order valence-electron chi connectivity index (χ0n) is 14.6. The molecule has 0 unspecified atom stereocenters. The van der Waals surface area contributed by atoms with Crippen molar-refractivity contribution in [3.63, 3.8) is 0 Å². The zero-order chi connectivity index (χ0) is 16.8. The predicted octanol–water partition coefficient (Wildman–Crippen LogP) is 0.741. The smallest absolute Gasteiger partial charge is 0.410 e. The van der Waals surface area contributed by atoms with Crippen LogP contribution in [0.4, 0.5) is 4.79 Å². The third-order valence-corrected chi connectivity index (χ3v) is 5.41. The maximum absolute atomic E-state index is 12.0. The summed E-state index contributed by atoms with van der Waals surface area (Å²) < 4.78 is 6.15. The average Bonchev–Trinajstić information content (AvgIpc) is 3.09. The Morgan fingerprint density at radius 2 is 1.80 bits per heavy atom. The monoisotopic (exact) mass is 424 g/mol. The quantitative estimate of drug-likeness (QED) is 0.662. The molecule has 0 saturated carbocycles. The molecule has 1 saturated heterocycles. The Morgan fingerprint density at radius 3 is 2.40 bits per heavy atom. The standard InChI is InChI=1S/C19H25N2O2S.BrH/c1-2-23-19(22)20-9-11-21(12-10-20,15-18-8-13-24-16-18)14-17-6-4-3-5-7-17;/h3-8,13,16H,2,9-12,14-15H2,1H3;1H/q+1;/p-1. The van der Waals surface area contributed by atoms with Crippen LogP contribution in [0.5, 0.6) is 0 Å². The molecular weight excluding hydrogens is 400 g/mol. The molecular formula is C19H25BrN2O2S. The summed E-state index contributed by atoms with van der Waals surface area (Å²) in [7, 11) is 0. The van der Waals surface area contributed by atoms with Crippen LogP contribution >= 0.6 is 11.3 Å². The molecule has 1 aliphatic heterocycles. The van der Waals surface area contributed by atoms with E-state index in [1.807, 2.05) is 11.8 Å². The summed E-state index contributed by atoms with van der Waals surface area (Å²) >= 11 is 1.75. The number of hydrogen-bond acceptors (Lipinski definition) is 3. The van der Waals surface area contributed by atoms with Crippen LogP contribution in [0.15, 0.2) is 47.2 Å². The van der Waals surface area contributed by atoms with E-state index < -0.39 is 0 Å². The number of nitrogens with zero attached hydrogens (tertiary/aromatic N) is 2. The van der Waals surface area contributed by atoms with Gasteiger partial charge in [-0.05, 0) is 23.8 Å². The third-order valence-electron chi connectivity index (χ3n) is 4.67. The Kier molecular flexibility index (Phi) is 7.47. The van der Waals surface area contributed by atoms with Crippen molar-refractivity contribution in [2.75, 3.05) is 32.8 Å². The summed E-state index contributed by atoms with van der Waals surface area (Å²) in [5.41, 5.74) is 2.75. The van der Waals surface area contributed by atoms with E-state index in [4.69, 9.17) is 4.74 Å². The first kappa shape index (κ1) is 19.9. The van der Waals surface area contributed by atoms with Gasteiger partial charge in [-0.2, -0.15) is 11.3 Å². The molecule has 25 heavy (non-hydrogen) atoms. The molecule has 0 spiro atoms. The van der Waals surface area contributed by atoms with Gasteiger partial charge >= 0.3 is 6.09 Å². The predicted molar refractivity (Wildman–Crippen MR) is 96.8 cm³/mol. The van der Waals surface area contributed by atoms with Gasteiger partial charge in [0, 0.05) is 11.1 Å². The average molecular weight is 425 g/mol. The maximum Gasteiger partial charge on any atom is 0.410 e. The van der Waals surface area contributed by atoms with Crippen LogP contribution in [0.3, 0.4) is 0 Å². The molecule has 0 bridgehead atoms. The van der Waals surface area contributed by atoms with Gasteiger partial charge < -0.3 is 26.2 Å². The topological polar surface area (TPSA) is 29.5 Å². The maximum atomic E-state index is 12.0. The van der Waals surface area contributed by atoms with E-state index in [0.717, 1.165) is 43.8 Å². The molecule has 4 nitrogen and oxygen atoms in total. The minimum atomic E-state index is -0.175. The number of carbonyl (C=O) groups excluding carboxylic acids is 1. The van der Waals surface area contributed by atoms with Gasteiger partial charge in [0.1, 0.15) is 13.1 Å². The molecule has 2 aromatic rings. The van der Waals surface area contributed by atoms with E-state index >= 15 is 0 Å². The fraction of sp³-hybridized carbons (Fsp3) is 0.421. The van der Waals surface area contributed by atoms with Crippen LogP contribution in [0.1, 0.15) is 18.1 Å². The summed E-state index contributed by atoms with van der Waals surface area (Å²) in [5.74, 6) is 0. The first-order chi connectivity index (χ1) is 11.7. The minimum absolute atomic E-state index is 0. The van der Waals surface area contributed by atoms with Gasteiger partial charge in [0.2, 0.25) is 0 Å². The lowest BCUT2D eigenvalue weighted by atomic mass is 10.1. The fourth-order valence-corrected chi connectivity index (χ4v) is 4.06.